The van der Waals surface area contributed by atoms with Crippen molar-refractivity contribution in [3.05, 3.63) is 35.9 Å². The summed E-state index contributed by atoms with van der Waals surface area (Å²) < 4.78 is 0. The largest absolute Gasteiger partial charge is 0.368 e. The maximum absolute atomic E-state index is 11.7. The highest BCUT2D eigenvalue weighted by atomic mass is 16.2. The van der Waals surface area contributed by atoms with E-state index in [1.165, 1.54) is 13.8 Å². The molecule has 0 aliphatic carbocycles. The lowest BCUT2D eigenvalue weighted by atomic mass is 10.2. The molecule has 0 aliphatic rings. The van der Waals surface area contributed by atoms with Crippen molar-refractivity contribution in [2.45, 2.75) is 20.8 Å². The molecule has 2 aromatic rings. The summed E-state index contributed by atoms with van der Waals surface area (Å²) in [5.74, 6) is 1.27. The van der Waals surface area contributed by atoms with Crippen LogP contribution in [0.5, 0.6) is 0 Å². The van der Waals surface area contributed by atoms with Gasteiger partial charge in [0.2, 0.25) is 17.7 Å². The van der Waals surface area contributed by atoms with Crippen LogP contribution in [0.3, 0.4) is 0 Å². The average Bonchev–Trinajstić information content (AvgIpc) is 2.75. The van der Waals surface area contributed by atoms with Crippen LogP contribution in [0.4, 0.5) is 11.6 Å². The van der Waals surface area contributed by atoms with Crippen LogP contribution in [0.15, 0.2) is 30.3 Å². The smallest absolute Gasteiger partial charge is 0.239 e. The van der Waals surface area contributed by atoms with Crippen molar-refractivity contribution in [3.8, 4) is 11.4 Å². The fourth-order valence-electron chi connectivity index (χ4n) is 2.65. The van der Waals surface area contributed by atoms with E-state index in [2.05, 4.69) is 36.6 Å². The molecule has 2 rings (SSSR count). The predicted molar refractivity (Wildman–Crippen MR) is 120 cm³/mol. The summed E-state index contributed by atoms with van der Waals surface area (Å²) in [6.07, 6.45) is 0. The molecule has 10 heteroatoms. The minimum absolute atomic E-state index is 0.0532. The van der Waals surface area contributed by atoms with Crippen molar-refractivity contribution < 1.29 is 14.4 Å². The Morgan fingerprint density at radius 2 is 1.32 bits per heavy atom. The molecule has 0 aliphatic heterocycles. The summed E-state index contributed by atoms with van der Waals surface area (Å²) in [7, 11) is 0. The molecule has 3 amide bonds. The van der Waals surface area contributed by atoms with Crippen LogP contribution in [0.2, 0.25) is 0 Å². The van der Waals surface area contributed by atoms with Gasteiger partial charge in [-0.25, -0.2) is 9.97 Å². The number of benzene rings is 1. The summed E-state index contributed by atoms with van der Waals surface area (Å²) >= 11 is 0. The maximum atomic E-state index is 11.7. The van der Waals surface area contributed by atoms with Gasteiger partial charge in [0.15, 0.2) is 5.82 Å². The molecule has 0 fully saturated rings. The zero-order chi connectivity index (χ0) is 22.6. The molecule has 1 aromatic heterocycles. The van der Waals surface area contributed by atoms with Gasteiger partial charge in [0.05, 0.1) is 6.54 Å². The van der Waals surface area contributed by atoms with E-state index >= 15 is 0 Å². The fraction of sp³-hybridized carbons (Fsp3) is 0.381. The van der Waals surface area contributed by atoms with E-state index in [0.717, 1.165) is 11.1 Å². The molecule has 0 spiro atoms. The number of aromatic nitrogens is 2. The topological polar surface area (TPSA) is 137 Å². The number of rotatable bonds is 11. The lowest BCUT2D eigenvalue weighted by Crippen LogP contribution is -2.37. The van der Waals surface area contributed by atoms with Gasteiger partial charge in [-0.2, -0.15) is 0 Å². The number of nitrogens with one attached hydrogen (secondary N) is 5. The molecule has 1 aromatic carbocycles. The van der Waals surface area contributed by atoms with E-state index in [9.17, 15) is 14.4 Å². The number of hydrogen-bond acceptors (Lipinski definition) is 7. The van der Waals surface area contributed by atoms with E-state index in [4.69, 9.17) is 0 Å². The lowest BCUT2D eigenvalue weighted by molar-refractivity contribution is -0.124. The Morgan fingerprint density at radius 3 is 1.87 bits per heavy atom. The lowest BCUT2D eigenvalue weighted by Gasteiger charge is -2.16. The Hall–Kier alpha value is -3.69. The van der Waals surface area contributed by atoms with Crippen LogP contribution in [0, 0.1) is 6.92 Å². The summed E-state index contributed by atoms with van der Waals surface area (Å²) in [6, 6.07) is 9.61. The average molecular weight is 428 g/mol. The van der Waals surface area contributed by atoms with Gasteiger partial charge in [0.1, 0.15) is 11.6 Å². The quantitative estimate of drug-likeness (QED) is 0.332. The minimum Gasteiger partial charge on any atom is -0.368 e. The van der Waals surface area contributed by atoms with Gasteiger partial charge in [0, 0.05) is 51.2 Å². The van der Waals surface area contributed by atoms with Crippen LogP contribution < -0.4 is 26.6 Å². The van der Waals surface area contributed by atoms with E-state index in [-0.39, 0.29) is 24.3 Å². The Labute approximate surface area is 181 Å². The summed E-state index contributed by atoms with van der Waals surface area (Å²) in [4.78, 5) is 42.9. The molecule has 10 nitrogen and oxygen atoms in total. The predicted octanol–water partition coefficient (Wildman–Crippen LogP) is 0.664. The number of amides is 3. The molecule has 0 atom stereocenters. The van der Waals surface area contributed by atoms with Crippen molar-refractivity contribution in [3.63, 3.8) is 0 Å². The van der Waals surface area contributed by atoms with Crippen LogP contribution in [0.25, 0.3) is 11.4 Å². The molecule has 0 bridgehead atoms. The van der Waals surface area contributed by atoms with Crippen LogP contribution in [-0.2, 0) is 14.4 Å². The summed E-state index contributed by atoms with van der Waals surface area (Å²) in [5, 5.41) is 14.4. The van der Waals surface area contributed by atoms with Crippen LogP contribution in [-0.4, -0.2) is 60.4 Å². The molecular formula is C21H29N7O3. The number of hydrogen-bond donors (Lipinski definition) is 5. The van der Waals surface area contributed by atoms with E-state index in [1.54, 1.807) is 0 Å². The SMILES string of the molecule is CC(=O)NCCNc1nc(-c2ccccc2)nc(NCCNC(=O)CNC(C)=O)c1C. The Bertz CT molecular complexity index is 903. The maximum Gasteiger partial charge on any atom is 0.239 e. The van der Waals surface area contributed by atoms with Gasteiger partial charge in [-0.3, -0.25) is 14.4 Å². The van der Waals surface area contributed by atoms with Gasteiger partial charge >= 0.3 is 0 Å². The van der Waals surface area contributed by atoms with Crippen LogP contribution >= 0.6 is 0 Å². The van der Waals surface area contributed by atoms with Crippen molar-refractivity contribution in [1.82, 2.24) is 25.9 Å². The second-order valence-corrected chi connectivity index (χ2v) is 6.83. The third kappa shape index (κ3) is 8.29. The van der Waals surface area contributed by atoms with Crippen molar-refractivity contribution in [1.29, 1.82) is 0 Å². The first-order valence-electron chi connectivity index (χ1n) is 10.0. The molecule has 0 saturated carbocycles. The Balaban J connectivity index is 2.05. The summed E-state index contributed by atoms with van der Waals surface area (Å²) in [5.41, 5.74) is 1.70. The zero-order valence-electron chi connectivity index (χ0n) is 18.0. The third-order valence-electron chi connectivity index (χ3n) is 4.21. The second-order valence-electron chi connectivity index (χ2n) is 6.83. The number of anilines is 2. The first-order valence-corrected chi connectivity index (χ1v) is 10.0. The van der Waals surface area contributed by atoms with E-state index < -0.39 is 0 Å². The molecule has 0 radical (unpaired) electrons. The monoisotopic (exact) mass is 427 g/mol. The number of carbonyl (C=O) groups excluding carboxylic acids is 3. The molecule has 31 heavy (non-hydrogen) atoms. The van der Waals surface area contributed by atoms with E-state index in [1.807, 2.05) is 37.3 Å². The van der Waals surface area contributed by atoms with E-state index in [0.29, 0.717) is 43.6 Å². The standard InChI is InChI=1S/C21H29N7O3/c1-14-19(24-11-9-22-15(2)29)27-21(17-7-5-4-6-8-17)28-20(14)25-12-10-23-18(31)13-26-16(3)30/h4-8H,9-13H2,1-3H3,(H,22,29)(H,23,31)(H,26,30)(H2,24,25,27,28). The highest BCUT2D eigenvalue weighted by Crippen LogP contribution is 2.24. The molecule has 5 N–H and O–H groups in total. The van der Waals surface area contributed by atoms with Gasteiger partial charge < -0.3 is 26.6 Å². The van der Waals surface area contributed by atoms with Gasteiger partial charge in [-0.1, -0.05) is 30.3 Å². The van der Waals surface area contributed by atoms with Gasteiger partial charge in [0.25, 0.3) is 0 Å². The molecule has 0 saturated heterocycles. The Morgan fingerprint density at radius 1 is 0.774 bits per heavy atom. The molecule has 1 heterocycles. The third-order valence-corrected chi connectivity index (χ3v) is 4.21. The van der Waals surface area contributed by atoms with Gasteiger partial charge in [-0.05, 0) is 6.92 Å². The summed E-state index contributed by atoms with van der Waals surface area (Å²) in [6.45, 7) is 6.48. The molecule has 166 valence electrons. The van der Waals surface area contributed by atoms with Gasteiger partial charge in [-0.15, -0.1) is 0 Å². The molecule has 0 unspecified atom stereocenters. The van der Waals surface area contributed by atoms with Crippen molar-refractivity contribution in [2.75, 3.05) is 43.4 Å². The zero-order valence-corrected chi connectivity index (χ0v) is 18.0. The first-order chi connectivity index (χ1) is 14.9. The second kappa shape index (κ2) is 12.1. The highest BCUT2D eigenvalue weighted by Gasteiger charge is 2.12. The van der Waals surface area contributed by atoms with Crippen molar-refractivity contribution in [2.24, 2.45) is 0 Å². The van der Waals surface area contributed by atoms with Crippen molar-refractivity contribution >= 4 is 29.4 Å². The Kier molecular flexibility index (Phi) is 9.21. The molecular weight excluding hydrogens is 398 g/mol. The fourth-order valence-corrected chi connectivity index (χ4v) is 2.65. The minimum atomic E-state index is -0.262. The highest BCUT2D eigenvalue weighted by molar-refractivity contribution is 5.83. The van der Waals surface area contributed by atoms with Crippen LogP contribution in [0.1, 0.15) is 19.4 Å². The normalized spacial score (nSPS) is 10.2. The number of carbonyl (C=O) groups is 3. The first kappa shape index (κ1) is 23.6. The number of nitrogens with zero attached hydrogens (tertiary/aromatic N) is 2.